The summed E-state index contributed by atoms with van der Waals surface area (Å²) < 4.78 is 0. The summed E-state index contributed by atoms with van der Waals surface area (Å²) in [5, 5.41) is 3.44. The predicted molar refractivity (Wildman–Crippen MR) is 89.0 cm³/mol. The fraction of sp³-hybridized carbons (Fsp3) is 0.529. The van der Waals surface area contributed by atoms with E-state index in [0.29, 0.717) is 30.1 Å². The highest BCUT2D eigenvalue weighted by atomic mass is 35.5. The third-order valence-corrected chi connectivity index (χ3v) is 4.62. The van der Waals surface area contributed by atoms with Gasteiger partial charge < -0.3 is 10.2 Å². The van der Waals surface area contributed by atoms with Crippen LogP contribution >= 0.6 is 11.6 Å². The first kappa shape index (κ1) is 16.8. The molecule has 0 unspecified atom stereocenters. The molecule has 0 aromatic heterocycles. The lowest BCUT2D eigenvalue weighted by molar-refractivity contribution is -0.141. The molecule has 0 atom stereocenters. The molecule has 1 saturated carbocycles. The molecule has 1 N–H and O–H groups in total. The molecule has 120 valence electrons. The van der Waals surface area contributed by atoms with E-state index in [1.807, 2.05) is 13.0 Å². The summed E-state index contributed by atoms with van der Waals surface area (Å²) in [5.41, 5.74) is 0.715. The van der Waals surface area contributed by atoms with E-state index >= 15 is 0 Å². The van der Waals surface area contributed by atoms with Crippen LogP contribution < -0.4 is 5.32 Å². The summed E-state index contributed by atoms with van der Waals surface area (Å²) in [6.07, 6.45) is 3.22. The van der Waals surface area contributed by atoms with E-state index in [2.05, 4.69) is 12.2 Å². The van der Waals surface area contributed by atoms with Gasteiger partial charge in [0, 0.05) is 24.3 Å². The highest BCUT2D eigenvalue weighted by molar-refractivity contribution is 6.31. The fourth-order valence-corrected chi connectivity index (χ4v) is 2.63. The molecule has 1 aromatic carbocycles. The third kappa shape index (κ3) is 3.43. The van der Waals surface area contributed by atoms with Crippen LogP contribution in [0.25, 0.3) is 0 Å². The normalized spacial score (nSPS) is 15.3. The van der Waals surface area contributed by atoms with E-state index in [4.69, 9.17) is 11.6 Å². The van der Waals surface area contributed by atoms with E-state index in [-0.39, 0.29) is 11.8 Å². The number of aryl methyl sites for hydroxylation is 1. The molecule has 0 spiro atoms. The number of benzene rings is 1. The Morgan fingerprint density at radius 2 is 2.05 bits per heavy atom. The molecule has 1 aromatic rings. The van der Waals surface area contributed by atoms with Crippen LogP contribution in [0.15, 0.2) is 18.2 Å². The van der Waals surface area contributed by atoms with Gasteiger partial charge in [0.1, 0.15) is 5.41 Å². The van der Waals surface area contributed by atoms with Crippen molar-refractivity contribution in [3.63, 3.8) is 0 Å². The molecule has 1 aliphatic rings. The van der Waals surface area contributed by atoms with E-state index in [1.54, 1.807) is 24.1 Å². The Labute approximate surface area is 136 Å². The van der Waals surface area contributed by atoms with Crippen LogP contribution in [0.5, 0.6) is 0 Å². The minimum Gasteiger partial charge on any atom is -0.345 e. The Morgan fingerprint density at radius 3 is 2.59 bits per heavy atom. The van der Waals surface area contributed by atoms with Gasteiger partial charge in [0.05, 0.1) is 0 Å². The van der Waals surface area contributed by atoms with Gasteiger partial charge >= 0.3 is 0 Å². The molecule has 5 heteroatoms. The van der Waals surface area contributed by atoms with Crippen LogP contribution in [0.1, 0.15) is 38.2 Å². The summed E-state index contributed by atoms with van der Waals surface area (Å²) in [7, 11) is 1.77. The summed E-state index contributed by atoms with van der Waals surface area (Å²) in [5.74, 6) is -0.294. The number of hydrogen-bond acceptors (Lipinski definition) is 2. The van der Waals surface area contributed by atoms with Crippen molar-refractivity contribution in [2.45, 2.75) is 39.5 Å². The largest absolute Gasteiger partial charge is 0.345 e. The van der Waals surface area contributed by atoms with Gasteiger partial charge in [0.2, 0.25) is 11.8 Å². The molecule has 0 heterocycles. The van der Waals surface area contributed by atoms with Gasteiger partial charge in [-0.05, 0) is 43.9 Å². The Morgan fingerprint density at radius 1 is 1.36 bits per heavy atom. The van der Waals surface area contributed by atoms with Crippen LogP contribution in [-0.4, -0.2) is 30.3 Å². The molecule has 0 bridgehead atoms. The molecule has 0 radical (unpaired) electrons. The van der Waals surface area contributed by atoms with Crippen molar-refractivity contribution < 1.29 is 9.59 Å². The zero-order valence-corrected chi connectivity index (χ0v) is 14.2. The van der Waals surface area contributed by atoms with Crippen molar-refractivity contribution in [1.29, 1.82) is 0 Å². The Hall–Kier alpha value is -1.55. The van der Waals surface area contributed by atoms with Crippen LogP contribution in [0, 0.1) is 12.3 Å². The van der Waals surface area contributed by atoms with E-state index in [0.717, 1.165) is 18.4 Å². The lowest BCUT2D eigenvalue weighted by Crippen LogP contribution is -2.41. The number of halogens is 1. The summed E-state index contributed by atoms with van der Waals surface area (Å²) in [6.45, 7) is 4.68. The number of nitrogens with zero attached hydrogens (tertiary/aromatic N) is 1. The Kier molecular flexibility index (Phi) is 5.12. The van der Waals surface area contributed by atoms with Crippen LogP contribution in [-0.2, 0) is 9.59 Å². The van der Waals surface area contributed by atoms with Crippen LogP contribution in [0.2, 0.25) is 5.02 Å². The first-order chi connectivity index (χ1) is 10.4. The molecular formula is C17H23ClN2O2. The average Bonchev–Trinajstić information content (AvgIpc) is 3.29. The SMILES string of the molecule is CCCCN(C)C(=O)C1(C(=O)Nc2ccc(C)c(Cl)c2)CC1. The topological polar surface area (TPSA) is 49.4 Å². The zero-order chi connectivity index (χ0) is 16.3. The summed E-state index contributed by atoms with van der Waals surface area (Å²) >= 11 is 6.07. The molecule has 1 fully saturated rings. The quantitative estimate of drug-likeness (QED) is 0.813. The highest BCUT2D eigenvalue weighted by Crippen LogP contribution is 2.48. The van der Waals surface area contributed by atoms with Gasteiger partial charge in [0.15, 0.2) is 0 Å². The molecule has 2 amide bonds. The number of carbonyl (C=O) groups is 2. The van der Waals surface area contributed by atoms with E-state index < -0.39 is 5.41 Å². The van der Waals surface area contributed by atoms with Gasteiger partial charge in [-0.3, -0.25) is 9.59 Å². The fourth-order valence-electron chi connectivity index (χ4n) is 2.45. The Balaban J connectivity index is 2.04. The molecule has 22 heavy (non-hydrogen) atoms. The van der Waals surface area contributed by atoms with Gasteiger partial charge in [-0.1, -0.05) is 31.0 Å². The zero-order valence-electron chi connectivity index (χ0n) is 13.4. The first-order valence-corrected chi connectivity index (χ1v) is 8.11. The van der Waals surface area contributed by atoms with E-state index in [9.17, 15) is 9.59 Å². The maximum Gasteiger partial charge on any atom is 0.240 e. The summed E-state index contributed by atoms with van der Waals surface area (Å²) in [6, 6.07) is 5.38. The van der Waals surface area contributed by atoms with Gasteiger partial charge in [0.25, 0.3) is 0 Å². The number of carbonyl (C=O) groups excluding carboxylic acids is 2. The molecular weight excluding hydrogens is 300 g/mol. The molecule has 4 nitrogen and oxygen atoms in total. The monoisotopic (exact) mass is 322 g/mol. The molecule has 1 aliphatic carbocycles. The van der Waals surface area contributed by atoms with Crippen molar-refractivity contribution in [1.82, 2.24) is 4.90 Å². The Bertz CT molecular complexity index is 582. The van der Waals surface area contributed by atoms with Crippen LogP contribution in [0.4, 0.5) is 5.69 Å². The highest BCUT2D eigenvalue weighted by Gasteiger charge is 2.57. The maximum absolute atomic E-state index is 12.5. The molecule has 0 saturated heterocycles. The van der Waals surface area contributed by atoms with Crippen molar-refractivity contribution in [2.24, 2.45) is 5.41 Å². The number of anilines is 1. The molecule has 0 aliphatic heterocycles. The van der Waals surface area contributed by atoms with Gasteiger partial charge in [-0.25, -0.2) is 0 Å². The smallest absolute Gasteiger partial charge is 0.240 e. The van der Waals surface area contributed by atoms with E-state index in [1.165, 1.54) is 0 Å². The predicted octanol–water partition coefficient (Wildman–Crippen LogP) is 3.63. The van der Waals surface area contributed by atoms with Crippen molar-refractivity contribution in [2.75, 3.05) is 18.9 Å². The first-order valence-electron chi connectivity index (χ1n) is 7.74. The number of nitrogens with one attached hydrogen (secondary N) is 1. The number of rotatable bonds is 6. The number of hydrogen-bond donors (Lipinski definition) is 1. The third-order valence-electron chi connectivity index (χ3n) is 4.22. The second kappa shape index (κ2) is 6.69. The van der Waals surface area contributed by atoms with Gasteiger partial charge in [-0.2, -0.15) is 0 Å². The lowest BCUT2D eigenvalue weighted by atomic mass is 10.0. The van der Waals surface area contributed by atoms with Crippen molar-refractivity contribution in [3.05, 3.63) is 28.8 Å². The molecule has 2 rings (SSSR count). The van der Waals surface area contributed by atoms with Gasteiger partial charge in [-0.15, -0.1) is 0 Å². The summed E-state index contributed by atoms with van der Waals surface area (Å²) in [4.78, 5) is 26.7. The second-order valence-corrected chi connectivity index (χ2v) is 6.49. The average molecular weight is 323 g/mol. The minimum absolute atomic E-state index is 0.0725. The number of unbranched alkanes of at least 4 members (excludes halogenated alkanes) is 1. The van der Waals surface area contributed by atoms with Crippen molar-refractivity contribution >= 4 is 29.1 Å². The number of amides is 2. The minimum atomic E-state index is -0.875. The lowest BCUT2D eigenvalue weighted by Gasteiger charge is -2.23. The maximum atomic E-state index is 12.5. The standard InChI is InChI=1S/C17H23ClN2O2/c1-4-5-10-20(3)16(22)17(8-9-17)15(21)19-13-7-6-12(2)14(18)11-13/h6-7,11H,4-5,8-10H2,1-3H3,(H,19,21). The van der Waals surface area contributed by atoms with Crippen molar-refractivity contribution in [3.8, 4) is 0 Å². The second-order valence-electron chi connectivity index (χ2n) is 6.08. The van der Waals surface area contributed by atoms with Crippen LogP contribution in [0.3, 0.4) is 0 Å².